The van der Waals surface area contributed by atoms with Crippen LogP contribution in [-0.2, 0) is 21.5 Å². The number of hydrogen-bond acceptors (Lipinski definition) is 5. The number of alkyl halides is 3. The normalized spacial score (nSPS) is 11.4. The van der Waals surface area contributed by atoms with Gasteiger partial charge in [-0.25, -0.2) is 4.79 Å². The first-order valence-electron chi connectivity index (χ1n) is 9.53. The lowest BCUT2D eigenvalue weighted by molar-refractivity contribution is -0.145. The summed E-state index contributed by atoms with van der Waals surface area (Å²) in [6, 6.07) is 12.4. The molecule has 0 aliphatic carbocycles. The summed E-state index contributed by atoms with van der Waals surface area (Å²) in [5, 5.41) is 0. The summed E-state index contributed by atoms with van der Waals surface area (Å²) in [6.45, 7) is 3.81. The number of aryl methyl sites for hydroxylation is 1. The number of thioether (sulfide) groups is 1. The molecule has 0 unspecified atom stereocenters. The van der Waals surface area contributed by atoms with Gasteiger partial charge in [0.25, 0.3) is 0 Å². The number of hydrogen-bond donors (Lipinski definition) is 0. The van der Waals surface area contributed by atoms with E-state index in [-0.39, 0.29) is 6.61 Å². The van der Waals surface area contributed by atoms with Gasteiger partial charge < -0.3 is 13.9 Å². The van der Waals surface area contributed by atoms with Crippen LogP contribution in [0.2, 0.25) is 0 Å². The largest absolute Gasteiger partial charge is 0.482 e. The number of halogens is 3. The highest BCUT2D eigenvalue weighted by molar-refractivity contribution is 7.98. The average molecular weight is 450 g/mol. The Balaban J connectivity index is 1.58. The van der Waals surface area contributed by atoms with Gasteiger partial charge in [0, 0.05) is 21.8 Å². The van der Waals surface area contributed by atoms with Gasteiger partial charge >= 0.3 is 12.1 Å². The summed E-state index contributed by atoms with van der Waals surface area (Å²) < 4.78 is 53.9. The number of rotatable bonds is 8. The zero-order valence-electron chi connectivity index (χ0n) is 17.0. The Bertz CT molecular complexity index is 1030. The van der Waals surface area contributed by atoms with E-state index < -0.39 is 17.7 Å². The van der Waals surface area contributed by atoms with Crippen LogP contribution in [0, 0.1) is 6.92 Å². The van der Waals surface area contributed by atoms with E-state index in [9.17, 15) is 18.0 Å². The number of ether oxygens (including phenoxy) is 2. The zero-order chi connectivity index (χ0) is 22.4. The highest BCUT2D eigenvalue weighted by Crippen LogP contribution is 2.33. The van der Waals surface area contributed by atoms with Crippen LogP contribution in [0.5, 0.6) is 5.75 Å². The second-order valence-corrected chi connectivity index (χ2v) is 7.75. The van der Waals surface area contributed by atoms with Gasteiger partial charge in [0.15, 0.2) is 6.61 Å². The molecule has 8 heteroatoms. The minimum atomic E-state index is -4.36. The molecule has 0 amide bonds. The fourth-order valence-corrected chi connectivity index (χ4v) is 3.71. The van der Waals surface area contributed by atoms with Crippen molar-refractivity contribution < 1.29 is 31.9 Å². The van der Waals surface area contributed by atoms with Crippen molar-refractivity contribution in [1.29, 1.82) is 0 Å². The SMILES string of the molecule is CCOC(=O)COc1ccc(SCc2coc(-c3ccc(C(F)(F)F)cc3)c2)cc1C. The van der Waals surface area contributed by atoms with E-state index in [0.717, 1.165) is 28.2 Å². The van der Waals surface area contributed by atoms with E-state index in [4.69, 9.17) is 13.9 Å². The highest BCUT2D eigenvalue weighted by Gasteiger charge is 2.30. The topological polar surface area (TPSA) is 48.7 Å². The molecule has 0 radical (unpaired) electrons. The van der Waals surface area contributed by atoms with Gasteiger partial charge in [-0.1, -0.05) is 12.1 Å². The molecule has 3 aromatic rings. The zero-order valence-corrected chi connectivity index (χ0v) is 17.8. The van der Waals surface area contributed by atoms with Gasteiger partial charge in [-0.05, 0) is 55.8 Å². The molecule has 2 aromatic carbocycles. The number of carbonyl (C=O) groups is 1. The number of carbonyl (C=O) groups excluding carboxylic acids is 1. The summed E-state index contributed by atoms with van der Waals surface area (Å²) in [5.41, 5.74) is 1.71. The summed E-state index contributed by atoms with van der Waals surface area (Å²) in [6.07, 6.45) is -2.76. The third-order valence-corrected chi connectivity index (χ3v) is 5.42. The first-order chi connectivity index (χ1) is 14.8. The molecule has 0 saturated carbocycles. The maximum absolute atomic E-state index is 12.7. The van der Waals surface area contributed by atoms with Gasteiger partial charge in [0.1, 0.15) is 11.5 Å². The van der Waals surface area contributed by atoms with Gasteiger partial charge in [-0.3, -0.25) is 0 Å². The lowest BCUT2D eigenvalue weighted by Crippen LogP contribution is -2.14. The van der Waals surface area contributed by atoms with Gasteiger partial charge in [0.05, 0.1) is 18.4 Å². The van der Waals surface area contributed by atoms with Crippen LogP contribution in [0.25, 0.3) is 11.3 Å². The molecule has 0 spiro atoms. The van der Waals surface area contributed by atoms with Crippen molar-refractivity contribution in [3.8, 4) is 17.1 Å². The predicted octanol–water partition coefficient (Wildman–Crippen LogP) is 6.51. The maximum atomic E-state index is 12.7. The summed E-state index contributed by atoms with van der Waals surface area (Å²) in [5.74, 6) is 1.35. The van der Waals surface area contributed by atoms with Gasteiger partial charge in [-0.2, -0.15) is 13.2 Å². The third kappa shape index (κ3) is 6.30. The van der Waals surface area contributed by atoms with E-state index in [0.29, 0.717) is 29.4 Å². The summed E-state index contributed by atoms with van der Waals surface area (Å²) in [4.78, 5) is 12.4. The quantitative estimate of drug-likeness (QED) is 0.289. The lowest BCUT2D eigenvalue weighted by Gasteiger charge is -2.10. The standard InChI is InChI=1S/C23H21F3O4S/c1-3-28-22(27)13-30-20-9-8-19(10-15(20)2)31-14-16-11-21(29-12-16)17-4-6-18(7-5-17)23(24,25)26/h4-12H,3,13-14H2,1-2H3. The number of esters is 1. The molecule has 0 aliphatic heterocycles. The smallest absolute Gasteiger partial charge is 0.416 e. The van der Waals surface area contributed by atoms with Crippen molar-refractivity contribution in [1.82, 2.24) is 0 Å². The molecule has 0 N–H and O–H groups in total. The van der Waals surface area contributed by atoms with Crippen LogP contribution >= 0.6 is 11.8 Å². The van der Waals surface area contributed by atoms with E-state index in [1.165, 1.54) is 12.1 Å². The average Bonchev–Trinajstić information content (AvgIpc) is 3.20. The first kappa shape index (κ1) is 22.8. The van der Waals surface area contributed by atoms with Crippen LogP contribution in [0.1, 0.15) is 23.6 Å². The molecule has 0 fully saturated rings. The maximum Gasteiger partial charge on any atom is 0.416 e. The molecule has 0 bridgehead atoms. The minimum Gasteiger partial charge on any atom is -0.482 e. The molecule has 0 saturated heterocycles. The third-order valence-electron chi connectivity index (χ3n) is 4.35. The molecular formula is C23H21F3O4S. The van der Waals surface area contributed by atoms with Crippen LogP contribution in [0.4, 0.5) is 13.2 Å². The second-order valence-electron chi connectivity index (χ2n) is 6.70. The Morgan fingerprint density at radius 2 is 1.84 bits per heavy atom. The number of furan rings is 1. The first-order valence-corrected chi connectivity index (χ1v) is 10.5. The Morgan fingerprint density at radius 3 is 2.48 bits per heavy atom. The van der Waals surface area contributed by atoms with E-state index in [1.54, 1.807) is 31.0 Å². The van der Waals surface area contributed by atoms with Crippen molar-refractivity contribution in [2.75, 3.05) is 13.2 Å². The Labute approximate surface area is 182 Å². The molecule has 0 aliphatic rings. The van der Waals surface area contributed by atoms with Crippen LogP contribution in [0.15, 0.2) is 64.1 Å². The Hall–Kier alpha value is -2.87. The van der Waals surface area contributed by atoms with Crippen molar-refractivity contribution in [3.63, 3.8) is 0 Å². The molecule has 164 valence electrons. The fraction of sp³-hybridized carbons (Fsp3) is 0.261. The van der Waals surface area contributed by atoms with Crippen molar-refractivity contribution in [2.24, 2.45) is 0 Å². The predicted molar refractivity (Wildman–Crippen MR) is 112 cm³/mol. The molecule has 4 nitrogen and oxygen atoms in total. The number of benzene rings is 2. The fourth-order valence-electron chi connectivity index (χ4n) is 2.81. The Morgan fingerprint density at radius 1 is 1.10 bits per heavy atom. The van der Waals surface area contributed by atoms with E-state index in [1.807, 2.05) is 25.1 Å². The van der Waals surface area contributed by atoms with Gasteiger partial charge in [-0.15, -0.1) is 11.8 Å². The van der Waals surface area contributed by atoms with E-state index >= 15 is 0 Å². The highest BCUT2D eigenvalue weighted by atomic mass is 32.2. The molecular weight excluding hydrogens is 429 g/mol. The van der Waals surface area contributed by atoms with E-state index in [2.05, 4.69) is 0 Å². The van der Waals surface area contributed by atoms with Crippen LogP contribution < -0.4 is 4.74 Å². The van der Waals surface area contributed by atoms with Crippen molar-refractivity contribution in [3.05, 3.63) is 71.5 Å². The monoisotopic (exact) mass is 450 g/mol. The molecule has 3 rings (SSSR count). The molecule has 0 atom stereocenters. The van der Waals surface area contributed by atoms with Gasteiger partial charge in [0.2, 0.25) is 0 Å². The van der Waals surface area contributed by atoms with Crippen molar-refractivity contribution >= 4 is 17.7 Å². The lowest BCUT2D eigenvalue weighted by atomic mass is 10.1. The Kier molecular flexibility index (Phi) is 7.33. The molecule has 1 heterocycles. The van der Waals surface area contributed by atoms with Crippen molar-refractivity contribution in [2.45, 2.75) is 30.7 Å². The van der Waals surface area contributed by atoms with Crippen LogP contribution in [-0.4, -0.2) is 19.2 Å². The summed E-state index contributed by atoms with van der Waals surface area (Å²) >= 11 is 1.59. The van der Waals surface area contributed by atoms with Crippen LogP contribution in [0.3, 0.4) is 0 Å². The molecule has 1 aromatic heterocycles. The second kappa shape index (κ2) is 9.96. The molecule has 31 heavy (non-hydrogen) atoms. The summed E-state index contributed by atoms with van der Waals surface area (Å²) in [7, 11) is 0. The minimum absolute atomic E-state index is 0.136.